The molecule has 1 aromatic carbocycles. The maximum absolute atomic E-state index is 12.5. The van der Waals surface area contributed by atoms with Gasteiger partial charge in [-0.2, -0.15) is 0 Å². The topological polar surface area (TPSA) is 62.3 Å². The summed E-state index contributed by atoms with van der Waals surface area (Å²) < 4.78 is 0. The molecule has 0 aliphatic carbocycles. The Bertz CT molecular complexity index is 788. The highest BCUT2D eigenvalue weighted by atomic mass is 16.2. The molecule has 5 nitrogen and oxygen atoms in total. The first kappa shape index (κ1) is 17.1. The number of Topliss-reactive ketones (excluding diaryl/α,β-unsaturated/α-hetero) is 1. The van der Waals surface area contributed by atoms with Crippen LogP contribution in [0.15, 0.2) is 42.6 Å². The number of hydrogen-bond donors (Lipinski definition) is 1. The van der Waals surface area contributed by atoms with Crippen LogP contribution in [0, 0.1) is 5.92 Å². The lowest BCUT2D eigenvalue weighted by Gasteiger charge is -2.32. The number of rotatable bonds is 4. The van der Waals surface area contributed by atoms with Crippen LogP contribution in [-0.4, -0.2) is 29.8 Å². The molecule has 1 aliphatic heterocycles. The van der Waals surface area contributed by atoms with Crippen molar-refractivity contribution >= 4 is 23.1 Å². The first-order valence-electron chi connectivity index (χ1n) is 8.66. The Labute approximate surface area is 148 Å². The van der Waals surface area contributed by atoms with E-state index < -0.39 is 0 Å². The van der Waals surface area contributed by atoms with Crippen LogP contribution in [0.4, 0.5) is 11.4 Å². The van der Waals surface area contributed by atoms with E-state index in [1.54, 1.807) is 30.5 Å². The standard InChI is InChI=1S/C20H23N3O2/c1-14-5-4-10-23(13-14)18-8-9-21-19(12-18)20(25)22-17-7-3-6-16(11-17)15(2)24/h3,6-9,11-12,14H,4-5,10,13H2,1-2H3,(H,22,25). The maximum Gasteiger partial charge on any atom is 0.274 e. The molecule has 0 radical (unpaired) electrons. The Morgan fingerprint density at radius 3 is 2.84 bits per heavy atom. The fraction of sp³-hybridized carbons (Fsp3) is 0.350. The molecule has 1 N–H and O–H groups in total. The van der Waals surface area contributed by atoms with Gasteiger partial charge in [0.15, 0.2) is 5.78 Å². The average molecular weight is 337 g/mol. The Morgan fingerprint density at radius 1 is 1.24 bits per heavy atom. The van der Waals surface area contributed by atoms with E-state index >= 15 is 0 Å². The van der Waals surface area contributed by atoms with Crippen LogP contribution in [0.5, 0.6) is 0 Å². The summed E-state index contributed by atoms with van der Waals surface area (Å²) in [6, 6.07) is 10.7. The van der Waals surface area contributed by atoms with Gasteiger partial charge in [-0.1, -0.05) is 19.1 Å². The van der Waals surface area contributed by atoms with E-state index in [1.807, 2.05) is 12.1 Å². The van der Waals surface area contributed by atoms with Gasteiger partial charge in [-0.25, -0.2) is 0 Å². The summed E-state index contributed by atoms with van der Waals surface area (Å²) in [5.41, 5.74) is 2.58. The number of pyridine rings is 1. The molecule has 1 aromatic heterocycles. The van der Waals surface area contributed by atoms with Gasteiger partial charge in [0.25, 0.3) is 5.91 Å². The maximum atomic E-state index is 12.5. The summed E-state index contributed by atoms with van der Waals surface area (Å²) in [5.74, 6) is 0.358. The highest BCUT2D eigenvalue weighted by molar-refractivity contribution is 6.04. The van der Waals surface area contributed by atoms with Crippen LogP contribution in [0.25, 0.3) is 0 Å². The number of nitrogens with one attached hydrogen (secondary N) is 1. The van der Waals surface area contributed by atoms with Crippen molar-refractivity contribution in [3.63, 3.8) is 0 Å². The second-order valence-electron chi connectivity index (χ2n) is 6.68. The number of benzene rings is 1. The van der Waals surface area contributed by atoms with Crippen LogP contribution in [0.1, 0.15) is 47.5 Å². The van der Waals surface area contributed by atoms with Crippen LogP contribution >= 0.6 is 0 Å². The zero-order chi connectivity index (χ0) is 17.8. The zero-order valence-corrected chi connectivity index (χ0v) is 14.7. The molecule has 2 heterocycles. The molecule has 130 valence electrons. The second kappa shape index (κ2) is 7.47. The Morgan fingerprint density at radius 2 is 2.08 bits per heavy atom. The van der Waals surface area contributed by atoms with Crippen molar-refractivity contribution in [2.24, 2.45) is 5.92 Å². The van der Waals surface area contributed by atoms with Crippen LogP contribution in [-0.2, 0) is 0 Å². The summed E-state index contributed by atoms with van der Waals surface area (Å²) in [6.07, 6.45) is 4.10. The number of anilines is 2. The number of amides is 1. The molecule has 3 rings (SSSR count). The van der Waals surface area contributed by atoms with Gasteiger partial charge in [0.05, 0.1) is 0 Å². The van der Waals surface area contributed by atoms with Gasteiger partial charge in [0, 0.05) is 36.2 Å². The SMILES string of the molecule is CC(=O)c1cccc(NC(=O)c2cc(N3CCCC(C)C3)ccn2)c1. The quantitative estimate of drug-likeness (QED) is 0.863. The number of hydrogen-bond acceptors (Lipinski definition) is 4. The summed E-state index contributed by atoms with van der Waals surface area (Å²) in [4.78, 5) is 30.5. The van der Waals surface area contributed by atoms with Crippen LogP contribution in [0.3, 0.4) is 0 Å². The Hall–Kier alpha value is -2.69. The molecule has 25 heavy (non-hydrogen) atoms. The van der Waals surface area contributed by atoms with Gasteiger partial charge in [0.2, 0.25) is 0 Å². The van der Waals surface area contributed by atoms with Crippen LogP contribution < -0.4 is 10.2 Å². The fourth-order valence-corrected chi connectivity index (χ4v) is 3.18. The number of piperidine rings is 1. The highest BCUT2D eigenvalue weighted by Crippen LogP contribution is 2.23. The van der Waals surface area contributed by atoms with Crippen molar-refractivity contribution in [1.29, 1.82) is 0 Å². The average Bonchev–Trinajstić information content (AvgIpc) is 2.62. The molecule has 0 spiro atoms. The molecule has 1 aliphatic rings. The molecular weight excluding hydrogens is 314 g/mol. The zero-order valence-electron chi connectivity index (χ0n) is 14.7. The summed E-state index contributed by atoms with van der Waals surface area (Å²) >= 11 is 0. The Kier molecular flexibility index (Phi) is 5.12. The molecule has 0 bridgehead atoms. The third kappa shape index (κ3) is 4.24. The largest absolute Gasteiger partial charge is 0.371 e. The van der Waals surface area contributed by atoms with E-state index in [2.05, 4.69) is 22.1 Å². The van der Waals surface area contributed by atoms with Gasteiger partial charge in [-0.3, -0.25) is 14.6 Å². The molecule has 1 saturated heterocycles. The van der Waals surface area contributed by atoms with E-state index in [0.717, 1.165) is 18.8 Å². The fourth-order valence-electron chi connectivity index (χ4n) is 3.18. The first-order chi connectivity index (χ1) is 12.0. The van der Waals surface area contributed by atoms with Gasteiger partial charge in [-0.15, -0.1) is 0 Å². The smallest absolute Gasteiger partial charge is 0.274 e. The number of aromatic nitrogens is 1. The van der Waals surface area contributed by atoms with Crippen molar-refractivity contribution < 1.29 is 9.59 Å². The molecule has 1 atom stereocenters. The lowest BCUT2D eigenvalue weighted by atomic mass is 10.00. The molecule has 1 fully saturated rings. The van der Waals surface area contributed by atoms with Crippen molar-refractivity contribution in [3.05, 3.63) is 53.9 Å². The number of ketones is 1. The van der Waals surface area contributed by atoms with Crippen molar-refractivity contribution in [2.45, 2.75) is 26.7 Å². The normalized spacial score (nSPS) is 17.2. The summed E-state index contributed by atoms with van der Waals surface area (Å²) in [7, 11) is 0. The van der Waals surface area contributed by atoms with Gasteiger partial charge < -0.3 is 10.2 Å². The summed E-state index contributed by atoms with van der Waals surface area (Å²) in [6.45, 7) is 5.77. The molecule has 5 heteroatoms. The highest BCUT2D eigenvalue weighted by Gasteiger charge is 2.18. The van der Waals surface area contributed by atoms with Gasteiger partial charge in [-0.05, 0) is 49.9 Å². The van der Waals surface area contributed by atoms with E-state index in [-0.39, 0.29) is 11.7 Å². The molecule has 1 unspecified atom stereocenters. The predicted octanol–water partition coefficient (Wildman–Crippen LogP) is 3.77. The van der Waals surface area contributed by atoms with Crippen LogP contribution in [0.2, 0.25) is 0 Å². The summed E-state index contributed by atoms with van der Waals surface area (Å²) in [5, 5.41) is 2.82. The molecular formula is C20H23N3O2. The minimum absolute atomic E-state index is 0.0320. The van der Waals surface area contributed by atoms with E-state index in [4.69, 9.17) is 0 Å². The third-order valence-corrected chi connectivity index (χ3v) is 4.53. The number of carbonyl (C=O) groups is 2. The Balaban J connectivity index is 1.75. The molecule has 2 aromatic rings. The minimum atomic E-state index is -0.271. The number of nitrogens with zero attached hydrogens (tertiary/aromatic N) is 2. The predicted molar refractivity (Wildman–Crippen MR) is 99.2 cm³/mol. The minimum Gasteiger partial charge on any atom is -0.371 e. The van der Waals surface area contributed by atoms with Crippen molar-refractivity contribution in [2.75, 3.05) is 23.3 Å². The van der Waals surface area contributed by atoms with Gasteiger partial charge in [0.1, 0.15) is 5.69 Å². The second-order valence-corrected chi connectivity index (χ2v) is 6.68. The van der Waals surface area contributed by atoms with Gasteiger partial charge >= 0.3 is 0 Å². The van der Waals surface area contributed by atoms with E-state index in [0.29, 0.717) is 22.9 Å². The first-order valence-corrected chi connectivity index (χ1v) is 8.66. The lowest BCUT2D eigenvalue weighted by molar-refractivity contribution is 0.100. The molecule has 0 saturated carbocycles. The van der Waals surface area contributed by atoms with E-state index in [1.165, 1.54) is 19.8 Å². The lowest BCUT2D eigenvalue weighted by Crippen LogP contribution is -2.34. The molecule has 1 amide bonds. The third-order valence-electron chi connectivity index (χ3n) is 4.53. The number of carbonyl (C=O) groups excluding carboxylic acids is 2. The van der Waals surface area contributed by atoms with Crippen molar-refractivity contribution in [3.8, 4) is 0 Å². The van der Waals surface area contributed by atoms with E-state index in [9.17, 15) is 9.59 Å². The monoisotopic (exact) mass is 337 g/mol. The van der Waals surface area contributed by atoms with Crippen molar-refractivity contribution in [1.82, 2.24) is 4.98 Å².